The Balaban J connectivity index is 2.23. The number of nitrogens with one attached hydrogen (secondary N) is 1. The van der Waals surface area contributed by atoms with E-state index in [9.17, 15) is 0 Å². The summed E-state index contributed by atoms with van der Waals surface area (Å²) in [6.07, 6.45) is 1.13. The van der Waals surface area contributed by atoms with Crippen molar-refractivity contribution in [1.82, 2.24) is 5.32 Å². The summed E-state index contributed by atoms with van der Waals surface area (Å²) in [5.74, 6) is 1.84. The SMILES string of the molecule is CCCNCc1ccc(-c2c(Br)cc(C)cc2Br)o1. The lowest BCUT2D eigenvalue weighted by atomic mass is 10.1. The lowest BCUT2D eigenvalue weighted by Gasteiger charge is -2.06. The van der Waals surface area contributed by atoms with Gasteiger partial charge in [0.05, 0.1) is 6.54 Å². The van der Waals surface area contributed by atoms with Crippen LogP contribution in [0.5, 0.6) is 0 Å². The third-order valence-corrected chi connectivity index (χ3v) is 4.07. The van der Waals surface area contributed by atoms with E-state index in [4.69, 9.17) is 4.42 Å². The Labute approximate surface area is 130 Å². The molecule has 102 valence electrons. The van der Waals surface area contributed by atoms with Gasteiger partial charge in [-0.2, -0.15) is 0 Å². The lowest BCUT2D eigenvalue weighted by molar-refractivity contribution is 0.493. The molecule has 0 spiro atoms. The molecule has 0 aliphatic carbocycles. The van der Waals surface area contributed by atoms with E-state index in [0.717, 1.165) is 45.5 Å². The monoisotopic (exact) mass is 385 g/mol. The van der Waals surface area contributed by atoms with Gasteiger partial charge in [-0.05, 0) is 81.6 Å². The number of benzene rings is 1. The van der Waals surface area contributed by atoms with Gasteiger partial charge in [0.25, 0.3) is 0 Å². The molecule has 0 bridgehead atoms. The molecule has 0 fully saturated rings. The Kier molecular flexibility index (Phi) is 5.25. The van der Waals surface area contributed by atoms with E-state index in [1.807, 2.05) is 12.1 Å². The van der Waals surface area contributed by atoms with E-state index in [2.05, 4.69) is 63.2 Å². The van der Waals surface area contributed by atoms with Crippen molar-refractivity contribution in [2.24, 2.45) is 0 Å². The molecule has 2 rings (SSSR count). The smallest absolute Gasteiger partial charge is 0.136 e. The highest BCUT2D eigenvalue weighted by atomic mass is 79.9. The van der Waals surface area contributed by atoms with Crippen molar-refractivity contribution in [2.45, 2.75) is 26.8 Å². The van der Waals surface area contributed by atoms with Gasteiger partial charge in [-0.1, -0.05) is 6.92 Å². The molecule has 2 nitrogen and oxygen atoms in total. The Morgan fingerprint density at radius 2 is 1.84 bits per heavy atom. The molecule has 19 heavy (non-hydrogen) atoms. The minimum atomic E-state index is 0.773. The normalized spacial score (nSPS) is 10.9. The molecule has 1 N–H and O–H groups in total. The van der Waals surface area contributed by atoms with Crippen molar-refractivity contribution in [1.29, 1.82) is 0 Å². The second-order valence-electron chi connectivity index (χ2n) is 4.55. The van der Waals surface area contributed by atoms with Crippen LogP contribution < -0.4 is 5.32 Å². The number of furan rings is 1. The summed E-state index contributed by atoms with van der Waals surface area (Å²) in [5, 5.41) is 3.34. The predicted molar refractivity (Wildman–Crippen MR) is 86.3 cm³/mol. The molecule has 1 heterocycles. The first-order chi connectivity index (χ1) is 9.11. The van der Waals surface area contributed by atoms with E-state index in [1.54, 1.807) is 0 Å². The van der Waals surface area contributed by atoms with Gasteiger partial charge in [-0.3, -0.25) is 0 Å². The summed E-state index contributed by atoms with van der Waals surface area (Å²) in [4.78, 5) is 0. The Morgan fingerprint density at radius 3 is 2.47 bits per heavy atom. The predicted octanol–water partition coefficient (Wildman–Crippen LogP) is 5.28. The van der Waals surface area contributed by atoms with Crippen LogP contribution in [0.3, 0.4) is 0 Å². The first kappa shape index (κ1) is 14.8. The summed E-state index contributed by atoms with van der Waals surface area (Å²) in [6.45, 7) is 6.01. The average molecular weight is 387 g/mol. The Morgan fingerprint density at radius 1 is 1.16 bits per heavy atom. The molecule has 4 heteroatoms. The maximum absolute atomic E-state index is 5.90. The van der Waals surface area contributed by atoms with E-state index in [-0.39, 0.29) is 0 Å². The van der Waals surface area contributed by atoms with E-state index in [0.29, 0.717) is 0 Å². The van der Waals surface area contributed by atoms with Gasteiger partial charge < -0.3 is 9.73 Å². The van der Waals surface area contributed by atoms with Gasteiger partial charge in [-0.25, -0.2) is 0 Å². The van der Waals surface area contributed by atoms with Gasteiger partial charge in [0.2, 0.25) is 0 Å². The minimum Gasteiger partial charge on any atom is -0.460 e. The number of aryl methyl sites for hydroxylation is 1. The molecule has 0 saturated heterocycles. The van der Waals surface area contributed by atoms with Crippen LogP contribution in [0.1, 0.15) is 24.7 Å². The van der Waals surface area contributed by atoms with Crippen LogP contribution in [0.4, 0.5) is 0 Å². The van der Waals surface area contributed by atoms with Gasteiger partial charge in [0.1, 0.15) is 11.5 Å². The van der Waals surface area contributed by atoms with Crippen molar-refractivity contribution in [3.63, 3.8) is 0 Å². The van der Waals surface area contributed by atoms with Crippen molar-refractivity contribution in [3.8, 4) is 11.3 Å². The molecule has 1 aromatic carbocycles. The molecule has 0 aliphatic heterocycles. The number of hydrogen-bond donors (Lipinski definition) is 1. The number of halogens is 2. The van der Waals surface area contributed by atoms with Gasteiger partial charge in [0.15, 0.2) is 0 Å². The highest BCUT2D eigenvalue weighted by Crippen LogP contribution is 2.37. The zero-order valence-corrected chi connectivity index (χ0v) is 14.3. The molecule has 0 saturated carbocycles. The van der Waals surface area contributed by atoms with E-state index >= 15 is 0 Å². The first-order valence-electron chi connectivity index (χ1n) is 6.37. The molecular formula is C15H17Br2NO. The molecule has 0 aliphatic rings. The molecule has 0 amide bonds. The summed E-state index contributed by atoms with van der Waals surface area (Å²) in [7, 11) is 0. The van der Waals surface area contributed by atoms with Gasteiger partial charge >= 0.3 is 0 Å². The summed E-state index contributed by atoms with van der Waals surface area (Å²) < 4.78 is 7.98. The van der Waals surface area contributed by atoms with Crippen LogP contribution in [-0.4, -0.2) is 6.54 Å². The molecule has 1 aromatic heterocycles. The van der Waals surface area contributed by atoms with Crippen LogP contribution in [0.2, 0.25) is 0 Å². The van der Waals surface area contributed by atoms with Crippen LogP contribution in [0.15, 0.2) is 37.6 Å². The van der Waals surface area contributed by atoms with Crippen molar-refractivity contribution in [2.75, 3.05) is 6.54 Å². The third kappa shape index (κ3) is 3.71. The Hall–Kier alpha value is -0.580. The first-order valence-corrected chi connectivity index (χ1v) is 7.96. The van der Waals surface area contributed by atoms with Crippen LogP contribution >= 0.6 is 31.9 Å². The topological polar surface area (TPSA) is 25.2 Å². The summed E-state index contributed by atoms with van der Waals surface area (Å²) >= 11 is 7.20. The molecule has 0 radical (unpaired) electrons. The number of rotatable bonds is 5. The second-order valence-corrected chi connectivity index (χ2v) is 6.25. The van der Waals surface area contributed by atoms with E-state index in [1.165, 1.54) is 5.56 Å². The fourth-order valence-corrected chi connectivity index (χ4v) is 3.74. The number of hydrogen-bond acceptors (Lipinski definition) is 2. The zero-order chi connectivity index (χ0) is 13.8. The quantitative estimate of drug-likeness (QED) is 0.707. The fourth-order valence-electron chi connectivity index (χ4n) is 1.93. The lowest BCUT2D eigenvalue weighted by Crippen LogP contribution is -2.12. The average Bonchev–Trinajstić information content (AvgIpc) is 2.76. The van der Waals surface area contributed by atoms with Gasteiger partial charge in [-0.15, -0.1) is 0 Å². The third-order valence-electron chi connectivity index (χ3n) is 2.82. The highest BCUT2D eigenvalue weighted by Gasteiger charge is 2.12. The molecule has 2 aromatic rings. The molecule has 0 unspecified atom stereocenters. The highest BCUT2D eigenvalue weighted by molar-refractivity contribution is 9.11. The van der Waals surface area contributed by atoms with Gasteiger partial charge in [0, 0.05) is 14.5 Å². The molecule has 0 atom stereocenters. The van der Waals surface area contributed by atoms with Crippen LogP contribution in [0.25, 0.3) is 11.3 Å². The van der Waals surface area contributed by atoms with Crippen LogP contribution in [-0.2, 0) is 6.54 Å². The summed E-state index contributed by atoms with van der Waals surface area (Å²) in [6, 6.07) is 8.23. The molecular weight excluding hydrogens is 370 g/mol. The maximum Gasteiger partial charge on any atom is 0.136 e. The maximum atomic E-state index is 5.90. The minimum absolute atomic E-state index is 0.773. The fraction of sp³-hybridized carbons (Fsp3) is 0.333. The van der Waals surface area contributed by atoms with Crippen LogP contribution in [0, 0.1) is 6.92 Å². The standard InChI is InChI=1S/C15H17Br2NO/c1-3-6-18-9-11-4-5-14(19-11)15-12(16)7-10(2)8-13(15)17/h4-5,7-8,18H,3,6,9H2,1-2H3. The largest absolute Gasteiger partial charge is 0.460 e. The summed E-state index contributed by atoms with van der Waals surface area (Å²) in [5.41, 5.74) is 2.27. The Bertz CT molecular complexity index is 540. The van der Waals surface area contributed by atoms with Crippen molar-refractivity contribution < 1.29 is 4.42 Å². The zero-order valence-electron chi connectivity index (χ0n) is 11.1. The second kappa shape index (κ2) is 6.73. The van der Waals surface area contributed by atoms with E-state index < -0.39 is 0 Å². The van der Waals surface area contributed by atoms with Crippen molar-refractivity contribution in [3.05, 3.63) is 44.5 Å². The van der Waals surface area contributed by atoms with Crippen molar-refractivity contribution >= 4 is 31.9 Å².